The van der Waals surface area contributed by atoms with Gasteiger partial charge in [0.1, 0.15) is 5.75 Å². The first-order chi connectivity index (χ1) is 11.5. The number of methoxy groups -OCH3 is 1. The third-order valence-corrected chi connectivity index (χ3v) is 4.47. The molecule has 1 N–H and O–H groups in total. The Labute approximate surface area is 139 Å². The summed E-state index contributed by atoms with van der Waals surface area (Å²) in [5.74, 6) is 0.740. The first kappa shape index (κ1) is 17.0. The molecule has 1 saturated heterocycles. The maximum Gasteiger partial charge on any atom is 0.390 e. The van der Waals surface area contributed by atoms with Crippen molar-refractivity contribution >= 4 is 10.8 Å². The number of fused-ring (bicyclic) bond motifs is 1. The van der Waals surface area contributed by atoms with Gasteiger partial charge in [0.05, 0.1) is 13.5 Å². The van der Waals surface area contributed by atoms with E-state index in [-0.39, 0.29) is 0 Å². The van der Waals surface area contributed by atoms with Crippen LogP contribution in [0.4, 0.5) is 13.2 Å². The highest BCUT2D eigenvalue weighted by molar-refractivity contribution is 5.84. The molecule has 0 unspecified atom stereocenters. The summed E-state index contributed by atoms with van der Waals surface area (Å²) in [4.78, 5) is 1.93. The summed E-state index contributed by atoms with van der Waals surface area (Å²) in [6.45, 7) is 2.70. The fourth-order valence-corrected chi connectivity index (χ4v) is 3.25. The molecular formula is C18H21F3N2O. The average molecular weight is 338 g/mol. The fourth-order valence-electron chi connectivity index (χ4n) is 3.25. The molecule has 0 amide bonds. The standard InChI is InChI=1S/C18H21F3N2O/c1-24-16-5-4-13-10-15(3-2-14(13)11-16)17(12-18(19,20)21)23-8-6-22-7-9-23/h2-5,10-11,17,22H,6-9,12H2,1H3/t17-/m1/s1. The summed E-state index contributed by atoms with van der Waals surface area (Å²) in [7, 11) is 1.60. The Balaban J connectivity index is 1.94. The van der Waals surface area contributed by atoms with Gasteiger partial charge in [0, 0.05) is 32.2 Å². The molecule has 3 nitrogen and oxygen atoms in total. The van der Waals surface area contributed by atoms with Gasteiger partial charge in [-0.05, 0) is 34.5 Å². The second-order valence-electron chi connectivity index (χ2n) is 6.09. The highest BCUT2D eigenvalue weighted by Crippen LogP contribution is 2.35. The van der Waals surface area contributed by atoms with Crippen LogP contribution < -0.4 is 10.1 Å². The lowest BCUT2D eigenvalue weighted by molar-refractivity contribution is -0.148. The monoisotopic (exact) mass is 338 g/mol. The quantitative estimate of drug-likeness (QED) is 0.919. The molecule has 1 aliphatic rings. The minimum atomic E-state index is -4.19. The maximum absolute atomic E-state index is 13.1. The van der Waals surface area contributed by atoms with Crippen molar-refractivity contribution in [1.29, 1.82) is 0 Å². The summed E-state index contributed by atoms with van der Waals surface area (Å²) in [5.41, 5.74) is 0.715. The van der Waals surface area contributed by atoms with E-state index in [0.717, 1.165) is 29.6 Å². The zero-order valence-corrected chi connectivity index (χ0v) is 13.6. The number of nitrogens with one attached hydrogen (secondary N) is 1. The molecule has 0 aliphatic carbocycles. The number of hydrogen-bond acceptors (Lipinski definition) is 3. The van der Waals surface area contributed by atoms with Gasteiger partial charge in [0.2, 0.25) is 0 Å². The van der Waals surface area contributed by atoms with Gasteiger partial charge in [0.15, 0.2) is 0 Å². The van der Waals surface area contributed by atoms with Gasteiger partial charge in [-0.15, -0.1) is 0 Å². The van der Waals surface area contributed by atoms with Crippen molar-refractivity contribution in [2.75, 3.05) is 33.3 Å². The molecule has 1 atom stereocenters. The van der Waals surface area contributed by atoms with Crippen molar-refractivity contribution in [3.63, 3.8) is 0 Å². The summed E-state index contributed by atoms with van der Waals surface area (Å²) in [6, 6.07) is 10.5. The normalized spacial score (nSPS) is 17.8. The lowest BCUT2D eigenvalue weighted by Crippen LogP contribution is -2.46. The Bertz CT molecular complexity index is 696. The van der Waals surface area contributed by atoms with Crippen LogP contribution >= 0.6 is 0 Å². The van der Waals surface area contributed by atoms with Gasteiger partial charge in [-0.2, -0.15) is 13.2 Å². The largest absolute Gasteiger partial charge is 0.497 e. The first-order valence-corrected chi connectivity index (χ1v) is 8.05. The van der Waals surface area contributed by atoms with Crippen LogP contribution in [0.2, 0.25) is 0 Å². The van der Waals surface area contributed by atoms with Crippen LogP contribution in [0.3, 0.4) is 0 Å². The van der Waals surface area contributed by atoms with Crippen molar-refractivity contribution < 1.29 is 17.9 Å². The molecule has 1 aliphatic heterocycles. The van der Waals surface area contributed by atoms with Gasteiger partial charge >= 0.3 is 6.18 Å². The lowest BCUT2D eigenvalue weighted by atomic mass is 9.97. The number of rotatable bonds is 4. The number of piperazine rings is 1. The van der Waals surface area contributed by atoms with E-state index >= 15 is 0 Å². The van der Waals surface area contributed by atoms with Crippen molar-refractivity contribution in [3.05, 3.63) is 42.0 Å². The molecule has 0 bridgehead atoms. The number of benzene rings is 2. The molecule has 0 aromatic heterocycles. The predicted molar refractivity (Wildman–Crippen MR) is 88.4 cm³/mol. The molecule has 1 heterocycles. The van der Waals surface area contributed by atoms with Gasteiger partial charge in [-0.1, -0.05) is 18.2 Å². The van der Waals surface area contributed by atoms with E-state index in [0.29, 0.717) is 18.7 Å². The lowest BCUT2D eigenvalue weighted by Gasteiger charge is -2.35. The summed E-state index contributed by atoms with van der Waals surface area (Å²) >= 11 is 0. The van der Waals surface area contributed by atoms with Crippen LogP contribution in [-0.4, -0.2) is 44.4 Å². The second kappa shape index (κ2) is 6.99. The van der Waals surface area contributed by atoms with Crippen LogP contribution in [0.15, 0.2) is 36.4 Å². The number of hydrogen-bond donors (Lipinski definition) is 1. The molecule has 2 aromatic carbocycles. The molecule has 130 valence electrons. The van der Waals surface area contributed by atoms with Crippen LogP contribution in [0.5, 0.6) is 5.75 Å². The summed E-state index contributed by atoms with van der Waals surface area (Å²) in [6.07, 6.45) is -5.01. The summed E-state index contributed by atoms with van der Waals surface area (Å²) < 4.78 is 44.5. The second-order valence-corrected chi connectivity index (χ2v) is 6.09. The van der Waals surface area contributed by atoms with Crippen molar-refractivity contribution in [3.8, 4) is 5.75 Å². The third kappa shape index (κ3) is 3.99. The third-order valence-electron chi connectivity index (χ3n) is 4.47. The minimum absolute atomic E-state index is 0.626. The topological polar surface area (TPSA) is 24.5 Å². The van der Waals surface area contributed by atoms with Crippen LogP contribution in [0, 0.1) is 0 Å². The van der Waals surface area contributed by atoms with E-state index in [9.17, 15) is 13.2 Å². The van der Waals surface area contributed by atoms with Crippen LogP contribution in [-0.2, 0) is 0 Å². The van der Waals surface area contributed by atoms with Gasteiger partial charge in [-0.25, -0.2) is 0 Å². The predicted octanol–water partition coefficient (Wildman–Crippen LogP) is 3.75. The van der Waals surface area contributed by atoms with E-state index in [2.05, 4.69) is 5.32 Å². The molecule has 6 heteroatoms. The maximum atomic E-state index is 13.1. The molecule has 0 saturated carbocycles. The van der Waals surface area contributed by atoms with Gasteiger partial charge in [-0.3, -0.25) is 4.90 Å². The van der Waals surface area contributed by atoms with E-state index in [1.54, 1.807) is 13.2 Å². The van der Waals surface area contributed by atoms with Gasteiger partial charge in [0.25, 0.3) is 0 Å². The molecule has 0 spiro atoms. The Hall–Kier alpha value is -1.79. The van der Waals surface area contributed by atoms with Crippen LogP contribution in [0.25, 0.3) is 10.8 Å². The smallest absolute Gasteiger partial charge is 0.390 e. The Morgan fingerprint density at radius 3 is 2.42 bits per heavy atom. The van der Waals surface area contributed by atoms with Crippen LogP contribution in [0.1, 0.15) is 18.0 Å². The van der Waals surface area contributed by atoms with E-state index in [1.165, 1.54) is 0 Å². The molecule has 0 radical (unpaired) electrons. The highest BCUT2D eigenvalue weighted by atomic mass is 19.4. The molecule has 2 aromatic rings. The van der Waals surface area contributed by atoms with E-state index in [4.69, 9.17) is 4.74 Å². The van der Waals surface area contributed by atoms with Gasteiger partial charge < -0.3 is 10.1 Å². The van der Waals surface area contributed by atoms with Crippen molar-refractivity contribution in [2.45, 2.75) is 18.6 Å². The Morgan fingerprint density at radius 1 is 1.08 bits per heavy atom. The number of halogens is 3. The first-order valence-electron chi connectivity index (χ1n) is 8.05. The average Bonchev–Trinajstić information content (AvgIpc) is 2.59. The zero-order valence-electron chi connectivity index (χ0n) is 13.6. The fraction of sp³-hybridized carbons (Fsp3) is 0.444. The van der Waals surface area contributed by atoms with E-state index < -0.39 is 18.6 Å². The number of nitrogens with zero attached hydrogens (tertiary/aromatic N) is 1. The molecular weight excluding hydrogens is 317 g/mol. The van der Waals surface area contributed by atoms with Crippen molar-refractivity contribution in [1.82, 2.24) is 10.2 Å². The molecule has 24 heavy (non-hydrogen) atoms. The number of alkyl halides is 3. The Kier molecular flexibility index (Phi) is 4.96. The minimum Gasteiger partial charge on any atom is -0.497 e. The number of ether oxygens (including phenoxy) is 1. The SMILES string of the molecule is COc1ccc2cc([C@@H](CC(F)(F)F)N3CCNCC3)ccc2c1. The summed E-state index contributed by atoms with van der Waals surface area (Å²) in [5, 5.41) is 5.08. The molecule has 1 fully saturated rings. The molecule has 3 rings (SSSR count). The van der Waals surface area contributed by atoms with E-state index in [1.807, 2.05) is 35.2 Å². The highest BCUT2D eigenvalue weighted by Gasteiger charge is 2.36. The zero-order chi connectivity index (χ0) is 17.2. The Morgan fingerprint density at radius 2 is 1.75 bits per heavy atom. The van der Waals surface area contributed by atoms with Crippen molar-refractivity contribution in [2.24, 2.45) is 0 Å².